The Balaban J connectivity index is 1.83. The third-order valence-electron chi connectivity index (χ3n) is 4.47. The van der Waals surface area contributed by atoms with Crippen molar-refractivity contribution in [2.24, 2.45) is 5.92 Å². The highest BCUT2D eigenvalue weighted by molar-refractivity contribution is 9.10. The van der Waals surface area contributed by atoms with Gasteiger partial charge in [0.2, 0.25) is 0 Å². The zero-order valence-electron chi connectivity index (χ0n) is 12.3. The molecule has 2 aromatic rings. The normalized spacial score (nSPS) is 22.4. The van der Waals surface area contributed by atoms with Gasteiger partial charge in [0.15, 0.2) is 0 Å². The third kappa shape index (κ3) is 2.84. The lowest BCUT2D eigenvalue weighted by atomic mass is 9.79. The Labute approximate surface area is 132 Å². The molecule has 112 valence electrons. The number of carbonyl (C=O) groups is 1. The molecule has 4 nitrogen and oxygen atoms in total. The van der Waals surface area contributed by atoms with E-state index in [-0.39, 0.29) is 5.92 Å². The number of pyridine rings is 1. The van der Waals surface area contributed by atoms with Gasteiger partial charge in [-0.05, 0) is 48.5 Å². The zero-order valence-corrected chi connectivity index (χ0v) is 13.9. The molecule has 0 aromatic carbocycles. The molecule has 2 heterocycles. The summed E-state index contributed by atoms with van der Waals surface area (Å²) in [5.41, 5.74) is 2.02. The van der Waals surface area contributed by atoms with Crippen molar-refractivity contribution in [1.82, 2.24) is 9.38 Å². The maximum absolute atomic E-state index is 11.5. The minimum atomic E-state index is 0.257. The lowest BCUT2D eigenvalue weighted by Crippen LogP contribution is -2.19. The summed E-state index contributed by atoms with van der Waals surface area (Å²) < 4.78 is 8.26. The Morgan fingerprint density at radius 3 is 2.67 bits per heavy atom. The van der Waals surface area contributed by atoms with Gasteiger partial charge in [0.05, 0.1) is 17.3 Å². The molecule has 0 atom stereocenters. The van der Waals surface area contributed by atoms with Gasteiger partial charge < -0.3 is 9.14 Å². The molecule has 5 heteroatoms. The lowest BCUT2D eigenvalue weighted by Gasteiger charge is -2.25. The highest BCUT2D eigenvalue weighted by Crippen LogP contribution is 2.36. The minimum Gasteiger partial charge on any atom is -0.495 e. The Kier molecular flexibility index (Phi) is 4.02. The Bertz CT molecular complexity index is 672. The molecule has 1 aliphatic rings. The smallest absolute Gasteiger partial charge is 0.140 e. The van der Waals surface area contributed by atoms with E-state index in [2.05, 4.69) is 22.1 Å². The second-order valence-corrected chi connectivity index (χ2v) is 6.63. The molecule has 1 aliphatic carbocycles. The summed E-state index contributed by atoms with van der Waals surface area (Å²) >= 11 is 3.50. The fraction of sp³-hybridized carbons (Fsp3) is 0.500. The number of halogens is 1. The van der Waals surface area contributed by atoms with E-state index in [9.17, 15) is 4.79 Å². The summed E-state index contributed by atoms with van der Waals surface area (Å²) in [5.74, 6) is 1.84. The van der Waals surface area contributed by atoms with Crippen LogP contribution in [-0.2, 0) is 4.79 Å². The number of hydrogen-bond acceptors (Lipinski definition) is 3. The number of carbonyl (C=O) groups excluding carboxylic acids is 1. The quantitative estimate of drug-likeness (QED) is 0.841. The van der Waals surface area contributed by atoms with E-state index >= 15 is 0 Å². The van der Waals surface area contributed by atoms with Gasteiger partial charge in [-0.1, -0.05) is 0 Å². The van der Waals surface area contributed by atoms with Crippen molar-refractivity contribution in [1.29, 1.82) is 0 Å². The predicted octanol–water partition coefficient (Wildman–Crippen LogP) is 3.97. The van der Waals surface area contributed by atoms with Crippen molar-refractivity contribution in [3.8, 4) is 5.75 Å². The highest BCUT2D eigenvalue weighted by Gasteiger charge is 2.26. The van der Waals surface area contributed by atoms with Crippen LogP contribution in [0.15, 0.2) is 22.9 Å². The van der Waals surface area contributed by atoms with Gasteiger partial charge in [-0.15, -0.1) is 0 Å². The molecule has 21 heavy (non-hydrogen) atoms. The number of nitrogens with zero attached hydrogens (tertiary/aromatic N) is 2. The first-order valence-electron chi connectivity index (χ1n) is 7.31. The number of ketones is 1. The molecule has 0 N–H and O–H groups in total. The second-order valence-electron chi connectivity index (χ2n) is 5.78. The van der Waals surface area contributed by atoms with Crippen LogP contribution in [0, 0.1) is 5.92 Å². The van der Waals surface area contributed by atoms with Crippen molar-refractivity contribution in [3.05, 3.63) is 28.6 Å². The number of Topliss-reactive ketones (excluding diaryl/α,β-unsaturated/α-hetero) is 1. The largest absolute Gasteiger partial charge is 0.495 e. The molecular formula is C16H19BrN2O2. The SMILES string of the molecule is COc1cc2nc([C@H]3CC[C@H](C(C)=O)CC3)cn2cc1Br. The maximum atomic E-state index is 11.5. The standard InChI is InChI=1S/C16H19BrN2O2/c1-10(20)11-3-5-12(6-4-11)14-9-19-8-13(17)15(21-2)7-16(19)18-14/h7-9,11-12H,3-6H2,1-2H3/t11-,12-. The Morgan fingerprint density at radius 1 is 1.33 bits per heavy atom. The van der Waals surface area contributed by atoms with Crippen molar-refractivity contribution < 1.29 is 9.53 Å². The fourth-order valence-electron chi connectivity index (χ4n) is 3.16. The molecule has 3 rings (SSSR count). The minimum absolute atomic E-state index is 0.257. The molecule has 2 aromatic heterocycles. The second kappa shape index (κ2) is 5.79. The Morgan fingerprint density at radius 2 is 2.05 bits per heavy atom. The van der Waals surface area contributed by atoms with E-state index in [1.54, 1.807) is 14.0 Å². The van der Waals surface area contributed by atoms with Gasteiger partial charge in [0, 0.05) is 30.3 Å². The van der Waals surface area contributed by atoms with Gasteiger partial charge in [-0.3, -0.25) is 4.79 Å². The molecule has 1 fully saturated rings. The fourth-order valence-corrected chi connectivity index (χ4v) is 3.66. The molecule has 0 aliphatic heterocycles. The first-order valence-corrected chi connectivity index (χ1v) is 8.10. The van der Waals surface area contributed by atoms with Crippen LogP contribution < -0.4 is 4.74 Å². The molecule has 0 unspecified atom stereocenters. The molecule has 0 amide bonds. The summed E-state index contributed by atoms with van der Waals surface area (Å²) in [5, 5.41) is 0. The first kappa shape index (κ1) is 14.6. The average molecular weight is 351 g/mol. The van der Waals surface area contributed by atoms with Crippen LogP contribution in [0.25, 0.3) is 5.65 Å². The monoisotopic (exact) mass is 350 g/mol. The zero-order chi connectivity index (χ0) is 15.0. The summed E-state index contributed by atoms with van der Waals surface area (Å²) in [7, 11) is 1.66. The number of methoxy groups -OCH3 is 1. The van der Waals surface area contributed by atoms with Crippen LogP contribution in [0.1, 0.15) is 44.2 Å². The Hall–Kier alpha value is -1.36. The van der Waals surface area contributed by atoms with Crippen LogP contribution in [0.4, 0.5) is 0 Å². The topological polar surface area (TPSA) is 43.6 Å². The first-order chi connectivity index (χ1) is 10.1. The van der Waals surface area contributed by atoms with E-state index in [0.717, 1.165) is 47.2 Å². The van der Waals surface area contributed by atoms with E-state index in [1.807, 2.05) is 16.7 Å². The average Bonchev–Trinajstić information content (AvgIpc) is 2.89. The van der Waals surface area contributed by atoms with Crippen molar-refractivity contribution in [2.75, 3.05) is 7.11 Å². The van der Waals surface area contributed by atoms with E-state index in [1.165, 1.54) is 0 Å². The van der Waals surface area contributed by atoms with Gasteiger partial charge in [0.1, 0.15) is 17.2 Å². The van der Waals surface area contributed by atoms with E-state index in [0.29, 0.717) is 11.7 Å². The summed E-state index contributed by atoms with van der Waals surface area (Å²) in [6.07, 6.45) is 8.14. The lowest BCUT2D eigenvalue weighted by molar-refractivity contribution is -0.121. The molecule has 0 spiro atoms. The summed E-state index contributed by atoms with van der Waals surface area (Å²) in [6.45, 7) is 1.71. The summed E-state index contributed by atoms with van der Waals surface area (Å²) in [4.78, 5) is 16.2. The van der Waals surface area contributed by atoms with Crippen LogP contribution in [0.2, 0.25) is 0 Å². The third-order valence-corrected chi connectivity index (χ3v) is 5.06. The molecule has 0 bridgehead atoms. The van der Waals surface area contributed by atoms with Gasteiger partial charge in [0.25, 0.3) is 0 Å². The highest BCUT2D eigenvalue weighted by atomic mass is 79.9. The summed E-state index contributed by atoms with van der Waals surface area (Å²) in [6, 6.07) is 1.94. The van der Waals surface area contributed by atoms with Crippen molar-refractivity contribution in [3.63, 3.8) is 0 Å². The van der Waals surface area contributed by atoms with E-state index < -0.39 is 0 Å². The predicted molar refractivity (Wildman–Crippen MR) is 84.8 cm³/mol. The number of ether oxygens (including phenoxy) is 1. The van der Waals surface area contributed by atoms with Crippen LogP contribution in [-0.4, -0.2) is 22.3 Å². The molecule has 0 radical (unpaired) electrons. The number of rotatable bonds is 3. The van der Waals surface area contributed by atoms with Crippen LogP contribution in [0.3, 0.4) is 0 Å². The van der Waals surface area contributed by atoms with Crippen molar-refractivity contribution >= 4 is 27.4 Å². The van der Waals surface area contributed by atoms with Crippen molar-refractivity contribution in [2.45, 2.75) is 38.5 Å². The van der Waals surface area contributed by atoms with Crippen LogP contribution >= 0.6 is 15.9 Å². The van der Waals surface area contributed by atoms with Gasteiger partial charge in [-0.25, -0.2) is 4.98 Å². The number of hydrogen-bond donors (Lipinski definition) is 0. The number of aromatic nitrogens is 2. The maximum Gasteiger partial charge on any atom is 0.140 e. The van der Waals surface area contributed by atoms with Gasteiger partial charge in [-0.2, -0.15) is 0 Å². The number of fused-ring (bicyclic) bond motifs is 1. The molecular weight excluding hydrogens is 332 g/mol. The molecule has 0 saturated heterocycles. The molecule has 1 saturated carbocycles. The van der Waals surface area contributed by atoms with Crippen LogP contribution in [0.5, 0.6) is 5.75 Å². The number of imidazole rings is 1. The van der Waals surface area contributed by atoms with E-state index in [4.69, 9.17) is 9.72 Å². The van der Waals surface area contributed by atoms with Gasteiger partial charge >= 0.3 is 0 Å².